The monoisotopic (exact) mass is 752 g/mol. The van der Waals surface area contributed by atoms with Crippen molar-refractivity contribution >= 4 is 56.2 Å². The highest BCUT2D eigenvalue weighted by atomic mass is 32.3. The van der Waals surface area contributed by atoms with E-state index in [1.165, 1.54) is 26.2 Å². The van der Waals surface area contributed by atoms with E-state index < -0.39 is 57.2 Å². The lowest BCUT2D eigenvalue weighted by molar-refractivity contribution is -0.218. The normalized spacial score (nSPS) is 25.3. The highest BCUT2D eigenvalue weighted by Crippen LogP contribution is 2.36. The minimum absolute atomic E-state index is 0.0522. The highest BCUT2D eigenvalue weighted by molar-refractivity contribution is 7.80. The lowest BCUT2D eigenvalue weighted by Crippen LogP contribution is -2.76. The molecule has 3 atom stereocenters. The molecule has 3 heterocycles. The number of rotatable bonds is 14. The zero-order valence-corrected chi connectivity index (χ0v) is 29.8. The van der Waals surface area contributed by atoms with Gasteiger partial charge in [0.15, 0.2) is 16.9 Å². The number of nitrogens with one attached hydrogen (secondary N) is 3. The van der Waals surface area contributed by atoms with Gasteiger partial charge in [-0.3, -0.25) is 19.6 Å². The molecule has 1 aliphatic carbocycles. The van der Waals surface area contributed by atoms with Crippen LogP contribution in [0.2, 0.25) is 0 Å². The number of nitrogen functional groups attached to an aromatic ring is 1. The number of carbonyl (C=O) groups is 3. The van der Waals surface area contributed by atoms with Gasteiger partial charge in [0, 0.05) is 36.2 Å². The smallest absolute Gasteiger partial charge is 0.418 e. The lowest BCUT2D eigenvalue weighted by Gasteiger charge is -2.50. The lowest BCUT2D eigenvalue weighted by atomic mass is 9.71. The van der Waals surface area contributed by atoms with Gasteiger partial charge in [-0.15, -0.1) is 15.6 Å². The largest absolute Gasteiger partial charge is 0.485 e. The molecule has 0 bridgehead atoms. The van der Waals surface area contributed by atoms with Crippen molar-refractivity contribution in [3.8, 4) is 5.75 Å². The molecule has 2 aromatic rings. The summed E-state index contributed by atoms with van der Waals surface area (Å²) < 4.78 is 46.9. The number of amides is 2. The summed E-state index contributed by atoms with van der Waals surface area (Å²) in [6.07, 6.45) is 1.63. The van der Waals surface area contributed by atoms with Gasteiger partial charge in [0.25, 0.3) is 17.4 Å². The van der Waals surface area contributed by atoms with Crippen LogP contribution in [0.1, 0.15) is 63.3 Å². The van der Waals surface area contributed by atoms with E-state index >= 15 is 0 Å². The standard InChI is InChI=1S/C30H40N8O11S2/c1-28(2)22(25(40)38(28)49-51(43,44)45)36-24(39)21(18-14-50-27(32)35-18)37-48-29(3,26(41)42)20-8-6-15-11-16(5-7-19(15)47-20)23(31)34-17-12-30(33,13-17)9-10-46-4/h5,7,11,14,17,20,22H,6,8-10,12-13,33H2,1-4H3,(H2,31,34)(H2,32,35)(H,36,39)(H,41,42)(H,43,44,45)/b37-21-/t17-,20-,22-,29+,30-/m1/s1. The maximum Gasteiger partial charge on any atom is 0.418 e. The number of fused-ring (bicyclic) bond motifs is 1. The molecule has 9 N–H and O–H groups in total. The molecule has 1 saturated heterocycles. The van der Waals surface area contributed by atoms with Crippen LogP contribution in [-0.2, 0) is 45.1 Å². The average Bonchev–Trinajstić information content (AvgIpc) is 3.48. The quantitative estimate of drug-likeness (QED) is 0.0450. The molecule has 278 valence electrons. The van der Waals surface area contributed by atoms with Crippen LogP contribution < -0.4 is 26.8 Å². The molecule has 0 spiro atoms. The van der Waals surface area contributed by atoms with E-state index in [4.69, 9.17) is 35.7 Å². The number of amidine groups is 1. The summed E-state index contributed by atoms with van der Waals surface area (Å²) in [5.74, 6) is -2.86. The maximum atomic E-state index is 13.5. The van der Waals surface area contributed by atoms with Crippen LogP contribution in [0.5, 0.6) is 5.75 Å². The van der Waals surface area contributed by atoms with Gasteiger partial charge < -0.3 is 41.5 Å². The fourth-order valence-corrected chi connectivity index (χ4v) is 7.15. The fourth-order valence-electron chi connectivity index (χ4n) is 6.15. The Morgan fingerprint density at radius 3 is 2.59 bits per heavy atom. The molecule has 2 amide bonds. The Balaban J connectivity index is 1.29. The van der Waals surface area contributed by atoms with Crippen molar-refractivity contribution in [2.24, 2.45) is 10.9 Å². The summed E-state index contributed by atoms with van der Waals surface area (Å²) in [5.41, 5.74) is 8.99. The Hall–Kier alpha value is -4.41. The summed E-state index contributed by atoms with van der Waals surface area (Å²) >= 11 is 0.959. The zero-order valence-electron chi connectivity index (χ0n) is 28.2. The number of aromatic nitrogens is 1. The SMILES string of the molecule is COCC[C@]1(N)C[C@H](NC(=N)c2ccc3c(c2)CC[C@H]([C@](C)(O/N=C(\C(=O)N[C@@H]2C(=O)N(OS(=O)(=O)O)C2(C)C)c2csc(N)n2)C(=O)O)O3)C1. The van der Waals surface area contributed by atoms with Crippen LogP contribution in [0, 0.1) is 5.41 Å². The van der Waals surface area contributed by atoms with Crippen molar-refractivity contribution in [2.75, 3.05) is 19.5 Å². The molecule has 1 saturated carbocycles. The van der Waals surface area contributed by atoms with Crippen molar-refractivity contribution in [3.05, 3.63) is 40.4 Å². The summed E-state index contributed by atoms with van der Waals surface area (Å²) in [6.45, 7) is 4.54. The molecule has 2 aliphatic heterocycles. The molecule has 0 radical (unpaired) electrons. The van der Waals surface area contributed by atoms with Crippen molar-refractivity contribution in [3.63, 3.8) is 0 Å². The molecule has 1 aromatic heterocycles. The van der Waals surface area contributed by atoms with E-state index in [2.05, 4.69) is 25.1 Å². The molecule has 3 aliphatic rings. The van der Waals surface area contributed by atoms with Gasteiger partial charge in [-0.25, -0.2) is 9.78 Å². The molecule has 1 aromatic carbocycles. The summed E-state index contributed by atoms with van der Waals surface area (Å²) in [6, 6.07) is 3.86. The van der Waals surface area contributed by atoms with Gasteiger partial charge in [-0.05, 0) is 76.6 Å². The van der Waals surface area contributed by atoms with E-state index in [9.17, 15) is 27.9 Å². The number of β-lactam (4-membered cyclic amide) rings is 1. The van der Waals surface area contributed by atoms with E-state index in [0.717, 1.165) is 23.3 Å². The number of carboxylic acids is 1. The Bertz CT molecular complexity index is 1860. The number of oxime groups is 1. The summed E-state index contributed by atoms with van der Waals surface area (Å²) in [4.78, 5) is 48.4. The number of thiazole rings is 1. The van der Waals surface area contributed by atoms with Crippen LogP contribution in [0.15, 0.2) is 28.7 Å². The van der Waals surface area contributed by atoms with Gasteiger partial charge in [0.05, 0.1) is 5.54 Å². The first-order valence-electron chi connectivity index (χ1n) is 15.7. The second-order valence-corrected chi connectivity index (χ2v) is 15.3. The number of hydroxylamine groups is 2. The van der Waals surface area contributed by atoms with Crippen LogP contribution in [0.3, 0.4) is 0 Å². The van der Waals surface area contributed by atoms with Gasteiger partial charge in [0.1, 0.15) is 23.3 Å². The predicted molar refractivity (Wildman–Crippen MR) is 181 cm³/mol. The minimum atomic E-state index is -5.04. The molecule has 2 fully saturated rings. The molecular formula is C30H40N8O11S2. The number of benzene rings is 1. The second-order valence-electron chi connectivity index (χ2n) is 13.4. The predicted octanol–water partition coefficient (Wildman–Crippen LogP) is 0.334. The van der Waals surface area contributed by atoms with Crippen LogP contribution in [-0.4, -0.2) is 106 Å². The van der Waals surface area contributed by atoms with Gasteiger partial charge >= 0.3 is 16.4 Å². The molecule has 19 nitrogen and oxygen atoms in total. The third kappa shape index (κ3) is 7.92. The Labute approximate surface area is 297 Å². The number of aryl methyl sites for hydroxylation is 1. The number of nitrogens with two attached hydrogens (primary N) is 2. The third-order valence-electron chi connectivity index (χ3n) is 9.22. The van der Waals surface area contributed by atoms with Crippen molar-refractivity contribution < 1.29 is 51.1 Å². The van der Waals surface area contributed by atoms with Gasteiger partial charge in [-0.2, -0.15) is 13.5 Å². The Morgan fingerprint density at radius 2 is 2.00 bits per heavy atom. The fraction of sp³-hybridized carbons (Fsp3) is 0.533. The topological polar surface area (TPSA) is 291 Å². The molecule has 21 heteroatoms. The first-order valence-corrected chi connectivity index (χ1v) is 18.0. The van der Waals surface area contributed by atoms with Gasteiger partial charge in [0.2, 0.25) is 0 Å². The summed E-state index contributed by atoms with van der Waals surface area (Å²) in [7, 11) is -3.41. The number of hydrogen-bond acceptors (Lipinski definition) is 15. The number of hydrogen-bond donors (Lipinski definition) is 7. The van der Waals surface area contributed by atoms with E-state index in [-0.39, 0.29) is 34.7 Å². The van der Waals surface area contributed by atoms with Crippen molar-refractivity contribution in [1.82, 2.24) is 20.7 Å². The third-order valence-corrected chi connectivity index (χ3v) is 10.2. The molecule has 0 unspecified atom stereocenters. The van der Waals surface area contributed by atoms with E-state index in [0.29, 0.717) is 42.2 Å². The number of aliphatic carboxylic acids is 1. The number of carboxylic acid groups (broad SMARTS) is 1. The van der Waals surface area contributed by atoms with Crippen LogP contribution >= 0.6 is 11.3 Å². The van der Waals surface area contributed by atoms with E-state index in [1.807, 2.05) is 0 Å². The van der Waals surface area contributed by atoms with Crippen molar-refractivity contribution in [1.29, 1.82) is 5.41 Å². The first-order chi connectivity index (χ1) is 23.8. The van der Waals surface area contributed by atoms with Crippen molar-refractivity contribution in [2.45, 2.75) is 87.7 Å². The number of nitrogens with zero attached hydrogens (tertiary/aromatic N) is 3. The van der Waals surface area contributed by atoms with E-state index in [1.54, 1.807) is 25.3 Å². The summed E-state index contributed by atoms with van der Waals surface area (Å²) in [5, 5.41) is 30.2. The molecule has 5 rings (SSSR count). The minimum Gasteiger partial charge on any atom is -0.485 e. The average molecular weight is 753 g/mol. The van der Waals surface area contributed by atoms with Crippen LogP contribution in [0.4, 0.5) is 5.13 Å². The first kappa shape index (κ1) is 37.8. The number of methoxy groups -OCH3 is 1. The number of ether oxygens (including phenoxy) is 2. The number of carbonyl (C=O) groups excluding carboxylic acids is 2. The zero-order chi connectivity index (χ0) is 37.5. The Morgan fingerprint density at radius 1 is 1.29 bits per heavy atom. The second kappa shape index (κ2) is 14.0. The molecular weight excluding hydrogens is 713 g/mol. The molecule has 51 heavy (non-hydrogen) atoms. The Kier molecular flexibility index (Phi) is 10.4. The highest BCUT2D eigenvalue weighted by Gasteiger charge is 2.58. The maximum absolute atomic E-state index is 13.5. The van der Waals surface area contributed by atoms with Crippen LogP contribution in [0.25, 0.3) is 0 Å². The number of anilines is 1. The van der Waals surface area contributed by atoms with Gasteiger partial charge in [-0.1, -0.05) is 5.16 Å².